The summed E-state index contributed by atoms with van der Waals surface area (Å²) in [6.45, 7) is 5.84. The summed E-state index contributed by atoms with van der Waals surface area (Å²) in [5.41, 5.74) is 4.73. The molecule has 1 aromatic heterocycles. The van der Waals surface area contributed by atoms with E-state index < -0.39 is 0 Å². The minimum Gasteiger partial charge on any atom is -0.381 e. The number of hydrogen-bond donors (Lipinski definition) is 0. The van der Waals surface area contributed by atoms with Crippen molar-refractivity contribution in [3.05, 3.63) is 71.1 Å². The van der Waals surface area contributed by atoms with E-state index in [0.29, 0.717) is 11.8 Å². The van der Waals surface area contributed by atoms with Crippen LogP contribution in [0.5, 0.6) is 0 Å². The van der Waals surface area contributed by atoms with Gasteiger partial charge in [0.25, 0.3) is 0 Å². The Morgan fingerprint density at radius 3 is 2.54 bits per heavy atom. The van der Waals surface area contributed by atoms with Crippen molar-refractivity contribution < 1.29 is 9.26 Å². The first kappa shape index (κ1) is 17.3. The number of ether oxygens (including phenoxy) is 1. The molecule has 2 aromatic rings. The minimum atomic E-state index is 0.396. The molecule has 1 saturated heterocycles. The maximum Gasteiger partial charge on any atom is 0.141 e. The molecular formula is C23H27NO2. The van der Waals surface area contributed by atoms with Crippen LogP contribution in [-0.2, 0) is 4.74 Å². The Bertz CT molecular complexity index is 777. The van der Waals surface area contributed by atoms with Crippen LogP contribution in [0.4, 0.5) is 0 Å². The Kier molecular flexibility index (Phi) is 5.07. The van der Waals surface area contributed by atoms with Gasteiger partial charge in [-0.15, -0.1) is 0 Å². The molecule has 1 aliphatic heterocycles. The number of hydrogen-bond acceptors (Lipinski definition) is 3. The number of aryl methyl sites for hydroxylation is 2. The zero-order valence-corrected chi connectivity index (χ0v) is 15.7. The smallest absolute Gasteiger partial charge is 0.141 e. The standard InChI is InChI=1S/C23H27NO2/c1-16-23(17(2)26-24-16)21-9-8-20(14-18-10-12-25-13-11-18)22(15-21)19-6-4-3-5-7-19/h3-9,15,18,20,22H,10-14H2,1-2H3. The lowest BCUT2D eigenvalue weighted by Gasteiger charge is -2.31. The molecule has 1 fully saturated rings. The molecule has 1 aromatic carbocycles. The van der Waals surface area contributed by atoms with Gasteiger partial charge in [-0.2, -0.15) is 0 Å². The lowest BCUT2D eigenvalue weighted by molar-refractivity contribution is 0.0599. The molecular weight excluding hydrogens is 322 g/mol. The van der Waals surface area contributed by atoms with Crippen molar-refractivity contribution in [2.45, 2.75) is 39.0 Å². The van der Waals surface area contributed by atoms with Crippen molar-refractivity contribution in [3.8, 4) is 0 Å². The highest BCUT2D eigenvalue weighted by Gasteiger charge is 2.28. The van der Waals surface area contributed by atoms with Gasteiger partial charge in [-0.3, -0.25) is 0 Å². The van der Waals surface area contributed by atoms with Crippen LogP contribution in [0.2, 0.25) is 0 Å². The first-order valence-electron chi connectivity index (χ1n) is 9.68. The third-order valence-corrected chi connectivity index (χ3v) is 5.80. The van der Waals surface area contributed by atoms with E-state index >= 15 is 0 Å². The van der Waals surface area contributed by atoms with Crippen LogP contribution >= 0.6 is 0 Å². The molecule has 0 N–H and O–H groups in total. The van der Waals surface area contributed by atoms with E-state index in [4.69, 9.17) is 9.26 Å². The van der Waals surface area contributed by atoms with Gasteiger partial charge < -0.3 is 9.26 Å². The number of benzene rings is 1. The summed E-state index contributed by atoms with van der Waals surface area (Å²) in [5, 5.41) is 4.14. The minimum absolute atomic E-state index is 0.396. The lowest BCUT2D eigenvalue weighted by atomic mass is 9.74. The lowest BCUT2D eigenvalue weighted by Crippen LogP contribution is -2.21. The molecule has 2 atom stereocenters. The van der Waals surface area contributed by atoms with Crippen LogP contribution in [-0.4, -0.2) is 18.4 Å². The third-order valence-electron chi connectivity index (χ3n) is 5.80. The quantitative estimate of drug-likeness (QED) is 0.735. The second-order valence-corrected chi connectivity index (χ2v) is 7.57. The fourth-order valence-corrected chi connectivity index (χ4v) is 4.39. The SMILES string of the molecule is Cc1noc(C)c1C1=CC(c2ccccc2)C(CC2CCOCC2)C=C1. The van der Waals surface area contributed by atoms with E-state index in [0.717, 1.165) is 36.1 Å². The summed E-state index contributed by atoms with van der Waals surface area (Å²) in [6.07, 6.45) is 10.7. The zero-order valence-electron chi connectivity index (χ0n) is 15.7. The van der Waals surface area contributed by atoms with Crippen molar-refractivity contribution >= 4 is 5.57 Å². The number of allylic oxidation sites excluding steroid dienone is 4. The third kappa shape index (κ3) is 3.54. The highest BCUT2D eigenvalue weighted by molar-refractivity contribution is 5.78. The van der Waals surface area contributed by atoms with Crippen molar-refractivity contribution in [3.63, 3.8) is 0 Å². The number of rotatable bonds is 4. The Balaban J connectivity index is 1.65. The summed E-state index contributed by atoms with van der Waals surface area (Å²) < 4.78 is 10.9. The largest absolute Gasteiger partial charge is 0.381 e. The molecule has 0 radical (unpaired) electrons. The number of nitrogens with zero attached hydrogens (tertiary/aromatic N) is 1. The maximum absolute atomic E-state index is 5.55. The van der Waals surface area contributed by atoms with Gasteiger partial charge in [-0.05, 0) is 56.1 Å². The van der Waals surface area contributed by atoms with Crippen molar-refractivity contribution in [2.24, 2.45) is 11.8 Å². The van der Waals surface area contributed by atoms with Crippen LogP contribution in [0.1, 0.15) is 47.8 Å². The molecule has 2 unspecified atom stereocenters. The second-order valence-electron chi connectivity index (χ2n) is 7.57. The zero-order chi connectivity index (χ0) is 17.9. The van der Waals surface area contributed by atoms with Crippen molar-refractivity contribution in [2.75, 3.05) is 13.2 Å². The Hall–Kier alpha value is -2.13. The highest BCUT2D eigenvalue weighted by Crippen LogP contribution is 2.41. The van der Waals surface area contributed by atoms with Crippen molar-refractivity contribution in [1.82, 2.24) is 5.16 Å². The van der Waals surface area contributed by atoms with Crippen LogP contribution in [0.15, 0.2) is 53.1 Å². The van der Waals surface area contributed by atoms with E-state index in [-0.39, 0.29) is 0 Å². The fourth-order valence-electron chi connectivity index (χ4n) is 4.39. The van der Waals surface area contributed by atoms with Gasteiger partial charge in [0.05, 0.1) is 5.69 Å². The predicted octanol–water partition coefficient (Wildman–Crippen LogP) is 5.46. The van der Waals surface area contributed by atoms with E-state index in [1.54, 1.807) is 0 Å². The fraction of sp³-hybridized carbons (Fsp3) is 0.435. The van der Waals surface area contributed by atoms with Crippen LogP contribution in [0, 0.1) is 25.7 Å². The summed E-state index contributed by atoms with van der Waals surface area (Å²) in [6, 6.07) is 10.9. The van der Waals surface area contributed by atoms with Crippen LogP contribution in [0.25, 0.3) is 5.57 Å². The maximum atomic E-state index is 5.55. The first-order valence-corrected chi connectivity index (χ1v) is 9.68. The summed E-state index contributed by atoms with van der Waals surface area (Å²) in [7, 11) is 0. The average Bonchev–Trinajstić information content (AvgIpc) is 3.02. The Morgan fingerprint density at radius 2 is 1.85 bits per heavy atom. The molecule has 0 spiro atoms. The molecule has 136 valence electrons. The van der Waals surface area contributed by atoms with E-state index in [2.05, 4.69) is 53.7 Å². The summed E-state index contributed by atoms with van der Waals surface area (Å²) >= 11 is 0. The molecule has 0 bridgehead atoms. The second kappa shape index (κ2) is 7.63. The highest BCUT2D eigenvalue weighted by atomic mass is 16.5. The van der Waals surface area contributed by atoms with Gasteiger partial charge in [0.15, 0.2) is 0 Å². The Labute approximate surface area is 155 Å². The molecule has 26 heavy (non-hydrogen) atoms. The average molecular weight is 349 g/mol. The summed E-state index contributed by atoms with van der Waals surface area (Å²) in [4.78, 5) is 0. The van der Waals surface area contributed by atoms with E-state index in [1.807, 2.05) is 13.8 Å². The topological polar surface area (TPSA) is 35.3 Å². The predicted molar refractivity (Wildman–Crippen MR) is 104 cm³/mol. The molecule has 0 amide bonds. The molecule has 2 heterocycles. The van der Waals surface area contributed by atoms with Crippen molar-refractivity contribution in [1.29, 1.82) is 0 Å². The van der Waals surface area contributed by atoms with Gasteiger partial charge in [0, 0.05) is 24.7 Å². The molecule has 3 heteroatoms. The van der Waals surface area contributed by atoms with Gasteiger partial charge in [0.2, 0.25) is 0 Å². The van der Waals surface area contributed by atoms with E-state index in [9.17, 15) is 0 Å². The van der Waals surface area contributed by atoms with Crippen LogP contribution in [0.3, 0.4) is 0 Å². The normalized spacial score (nSPS) is 23.8. The van der Waals surface area contributed by atoms with E-state index in [1.165, 1.54) is 30.4 Å². The Morgan fingerprint density at radius 1 is 1.08 bits per heavy atom. The molecule has 4 rings (SSSR count). The van der Waals surface area contributed by atoms with Gasteiger partial charge in [-0.25, -0.2) is 0 Å². The molecule has 2 aliphatic rings. The molecule has 0 saturated carbocycles. The van der Waals surface area contributed by atoms with Gasteiger partial charge >= 0.3 is 0 Å². The monoisotopic (exact) mass is 349 g/mol. The van der Waals surface area contributed by atoms with Gasteiger partial charge in [0.1, 0.15) is 5.76 Å². The molecule has 3 nitrogen and oxygen atoms in total. The van der Waals surface area contributed by atoms with Crippen LogP contribution < -0.4 is 0 Å². The summed E-state index contributed by atoms with van der Waals surface area (Å²) in [5.74, 6) is 2.59. The molecule has 1 aliphatic carbocycles. The van der Waals surface area contributed by atoms with Gasteiger partial charge in [-0.1, -0.05) is 53.7 Å². The first-order chi connectivity index (χ1) is 12.7. The number of aromatic nitrogens is 1.